The van der Waals surface area contributed by atoms with Crippen LogP contribution in [0.15, 0.2) is 23.8 Å². The Kier molecular flexibility index (Phi) is 3.54. The summed E-state index contributed by atoms with van der Waals surface area (Å²) >= 11 is 0. The van der Waals surface area contributed by atoms with Gasteiger partial charge < -0.3 is 0 Å². The molecule has 0 aromatic rings. The molecule has 2 unspecified atom stereocenters. The maximum atomic E-state index is 12.3. The zero-order valence-corrected chi connectivity index (χ0v) is 10.5. The molecular weight excluding hydrogens is 184 g/mol. The first-order valence-corrected chi connectivity index (χ1v) is 5.74. The number of allylic oxidation sites excluding steroid dienone is 4. The molecule has 0 N–H and O–H groups in total. The van der Waals surface area contributed by atoms with Crippen molar-refractivity contribution in [3.8, 4) is 0 Å². The normalized spacial score (nSPS) is 30.3. The first kappa shape index (κ1) is 12.2. The predicted octanol–water partition coefficient (Wildman–Crippen LogP) is 3.76. The fraction of sp³-hybridized carbons (Fsp3) is 0.643. The molecule has 0 saturated carbocycles. The van der Waals surface area contributed by atoms with Crippen molar-refractivity contribution in [2.75, 3.05) is 0 Å². The first-order valence-electron chi connectivity index (χ1n) is 5.74. The third-order valence-electron chi connectivity index (χ3n) is 3.56. The summed E-state index contributed by atoms with van der Waals surface area (Å²) in [6.07, 6.45) is 7.31. The number of Topliss-reactive ketones (excluding diaryl/α,β-unsaturated/α-hetero) is 1. The third-order valence-corrected chi connectivity index (χ3v) is 3.56. The lowest BCUT2D eigenvalue weighted by Gasteiger charge is -2.38. The van der Waals surface area contributed by atoms with E-state index in [9.17, 15) is 4.79 Å². The number of hydrogen-bond acceptors (Lipinski definition) is 1. The lowest BCUT2D eigenvalue weighted by atomic mass is 9.64. The summed E-state index contributed by atoms with van der Waals surface area (Å²) in [5, 5.41) is 0. The lowest BCUT2D eigenvalue weighted by molar-refractivity contribution is -0.124. The van der Waals surface area contributed by atoms with Gasteiger partial charge in [-0.3, -0.25) is 4.79 Å². The molecule has 1 rings (SSSR count). The van der Waals surface area contributed by atoms with Crippen LogP contribution in [-0.2, 0) is 4.79 Å². The monoisotopic (exact) mass is 206 g/mol. The van der Waals surface area contributed by atoms with Gasteiger partial charge in [-0.1, -0.05) is 39.0 Å². The highest BCUT2D eigenvalue weighted by Crippen LogP contribution is 2.41. The van der Waals surface area contributed by atoms with Gasteiger partial charge >= 0.3 is 0 Å². The van der Waals surface area contributed by atoms with Gasteiger partial charge in [-0.15, -0.1) is 0 Å². The number of carbonyl (C=O) groups is 1. The highest BCUT2D eigenvalue weighted by atomic mass is 16.1. The molecule has 1 nitrogen and oxygen atoms in total. The standard InChI is InChI=1S/C14H22O/c1-6-10(2)13(15)12-11(3)8-7-9-14(12,4)5/h6-8,11-12H,9H2,1-5H3. The van der Waals surface area contributed by atoms with Crippen LogP contribution in [0.2, 0.25) is 0 Å². The molecular formula is C14H22O. The molecule has 0 aromatic heterocycles. The molecule has 1 heteroatoms. The van der Waals surface area contributed by atoms with Crippen LogP contribution in [-0.4, -0.2) is 5.78 Å². The zero-order valence-electron chi connectivity index (χ0n) is 10.5. The Hall–Kier alpha value is -0.850. The number of carbonyl (C=O) groups excluding carboxylic acids is 1. The van der Waals surface area contributed by atoms with Gasteiger partial charge in [-0.2, -0.15) is 0 Å². The molecule has 0 aliphatic heterocycles. The molecule has 1 aliphatic carbocycles. The topological polar surface area (TPSA) is 17.1 Å². The second-order valence-electron chi connectivity index (χ2n) is 5.29. The van der Waals surface area contributed by atoms with Gasteiger partial charge in [0.05, 0.1) is 0 Å². The lowest BCUT2D eigenvalue weighted by Crippen LogP contribution is -2.37. The van der Waals surface area contributed by atoms with E-state index in [2.05, 4.69) is 32.9 Å². The Bertz CT molecular complexity index is 307. The molecule has 2 atom stereocenters. The maximum absolute atomic E-state index is 12.3. The summed E-state index contributed by atoms with van der Waals surface area (Å²) in [6.45, 7) is 10.4. The van der Waals surface area contributed by atoms with Gasteiger partial charge in [0, 0.05) is 5.92 Å². The molecule has 0 bridgehead atoms. The van der Waals surface area contributed by atoms with E-state index in [-0.39, 0.29) is 11.3 Å². The quantitative estimate of drug-likeness (QED) is 0.496. The minimum atomic E-state index is 0.0928. The van der Waals surface area contributed by atoms with Crippen LogP contribution in [0, 0.1) is 17.3 Å². The number of ketones is 1. The molecule has 0 radical (unpaired) electrons. The summed E-state index contributed by atoms with van der Waals surface area (Å²) in [6, 6.07) is 0. The van der Waals surface area contributed by atoms with Crippen LogP contribution < -0.4 is 0 Å². The molecule has 0 saturated heterocycles. The summed E-state index contributed by atoms with van der Waals surface area (Å²) in [4.78, 5) is 12.3. The Morgan fingerprint density at radius 2 is 2.07 bits per heavy atom. The van der Waals surface area contributed by atoms with Crippen molar-refractivity contribution in [1.82, 2.24) is 0 Å². The Labute approximate surface area is 93.3 Å². The third kappa shape index (κ3) is 2.39. The average Bonchev–Trinajstić information content (AvgIpc) is 2.14. The van der Waals surface area contributed by atoms with Crippen molar-refractivity contribution in [2.45, 2.75) is 41.0 Å². The van der Waals surface area contributed by atoms with E-state index in [0.29, 0.717) is 11.7 Å². The summed E-state index contributed by atoms with van der Waals surface area (Å²) in [5.74, 6) is 0.814. The highest BCUT2D eigenvalue weighted by Gasteiger charge is 2.39. The smallest absolute Gasteiger partial charge is 0.162 e. The van der Waals surface area contributed by atoms with E-state index >= 15 is 0 Å². The van der Waals surface area contributed by atoms with Crippen LogP contribution in [0.4, 0.5) is 0 Å². The highest BCUT2D eigenvalue weighted by molar-refractivity contribution is 5.97. The maximum Gasteiger partial charge on any atom is 0.162 e. The Morgan fingerprint density at radius 1 is 1.47 bits per heavy atom. The minimum absolute atomic E-state index is 0.0928. The molecule has 0 aromatic carbocycles. The summed E-state index contributed by atoms with van der Waals surface area (Å²) in [7, 11) is 0. The second-order valence-corrected chi connectivity index (χ2v) is 5.29. The Morgan fingerprint density at radius 3 is 2.53 bits per heavy atom. The van der Waals surface area contributed by atoms with Crippen LogP contribution in [0.5, 0.6) is 0 Å². The van der Waals surface area contributed by atoms with Crippen LogP contribution in [0.3, 0.4) is 0 Å². The fourth-order valence-electron chi connectivity index (χ4n) is 2.52. The molecule has 1 aliphatic rings. The summed E-state index contributed by atoms with van der Waals surface area (Å²) < 4.78 is 0. The van der Waals surface area contributed by atoms with E-state index in [1.807, 2.05) is 19.9 Å². The molecule has 0 spiro atoms. The Balaban J connectivity index is 3.01. The molecule has 0 amide bonds. The van der Waals surface area contributed by atoms with Crippen molar-refractivity contribution >= 4 is 5.78 Å². The zero-order chi connectivity index (χ0) is 11.6. The molecule has 15 heavy (non-hydrogen) atoms. The second kappa shape index (κ2) is 4.34. The van der Waals surface area contributed by atoms with Gasteiger partial charge in [0.1, 0.15) is 0 Å². The van der Waals surface area contributed by atoms with Crippen molar-refractivity contribution in [3.05, 3.63) is 23.8 Å². The van der Waals surface area contributed by atoms with Crippen molar-refractivity contribution < 1.29 is 4.79 Å². The predicted molar refractivity (Wildman–Crippen MR) is 64.6 cm³/mol. The van der Waals surface area contributed by atoms with E-state index in [4.69, 9.17) is 0 Å². The molecule has 0 heterocycles. The van der Waals surface area contributed by atoms with E-state index in [1.165, 1.54) is 0 Å². The van der Waals surface area contributed by atoms with Gasteiger partial charge in [-0.25, -0.2) is 0 Å². The van der Waals surface area contributed by atoms with Crippen LogP contribution in [0.1, 0.15) is 41.0 Å². The average molecular weight is 206 g/mol. The van der Waals surface area contributed by atoms with Gasteiger partial charge in [0.25, 0.3) is 0 Å². The minimum Gasteiger partial charge on any atom is -0.294 e. The largest absolute Gasteiger partial charge is 0.294 e. The molecule has 0 fully saturated rings. The summed E-state index contributed by atoms with van der Waals surface area (Å²) in [5.41, 5.74) is 0.991. The van der Waals surface area contributed by atoms with Crippen molar-refractivity contribution in [3.63, 3.8) is 0 Å². The van der Waals surface area contributed by atoms with Crippen molar-refractivity contribution in [2.24, 2.45) is 17.3 Å². The van der Waals surface area contributed by atoms with Gasteiger partial charge in [0.2, 0.25) is 0 Å². The van der Waals surface area contributed by atoms with Gasteiger partial charge in [-0.05, 0) is 37.2 Å². The fourth-order valence-corrected chi connectivity index (χ4v) is 2.52. The van der Waals surface area contributed by atoms with Crippen LogP contribution in [0.25, 0.3) is 0 Å². The van der Waals surface area contributed by atoms with Crippen LogP contribution >= 0.6 is 0 Å². The van der Waals surface area contributed by atoms with Crippen molar-refractivity contribution in [1.29, 1.82) is 0 Å². The van der Waals surface area contributed by atoms with E-state index in [1.54, 1.807) is 0 Å². The van der Waals surface area contributed by atoms with E-state index in [0.717, 1.165) is 12.0 Å². The van der Waals surface area contributed by atoms with E-state index < -0.39 is 0 Å². The SMILES string of the molecule is CC=C(C)C(=O)C1C(C)C=CCC1(C)C. The van der Waals surface area contributed by atoms with Gasteiger partial charge in [0.15, 0.2) is 5.78 Å². The first-order chi connectivity index (χ1) is 6.90. The molecule has 84 valence electrons. The number of hydrogen-bond donors (Lipinski definition) is 0. The number of rotatable bonds is 2.